The average molecular weight is 404 g/mol. The predicted molar refractivity (Wildman–Crippen MR) is 99.7 cm³/mol. The first-order valence-corrected chi connectivity index (χ1v) is 10.2. The average Bonchev–Trinajstić information content (AvgIpc) is 3.07. The molecule has 8 heteroatoms. The number of aryl methyl sites for hydroxylation is 1. The van der Waals surface area contributed by atoms with E-state index < -0.39 is 11.9 Å². The van der Waals surface area contributed by atoms with E-state index in [1.807, 2.05) is 16.3 Å². The molecule has 1 saturated heterocycles. The van der Waals surface area contributed by atoms with Crippen LogP contribution >= 0.6 is 23.1 Å². The summed E-state index contributed by atoms with van der Waals surface area (Å²) in [4.78, 5) is 6.02. The molecule has 142 valence electrons. The number of nitrogens with zero attached hydrogens (tertiary/aromatic N) is 2. The van der Waals surface area contributed by atoms with Crippen LogP contribution in [0.2, 0.25) is 0 Å². The van der Waals surface area contributed by atoms with Crippen LogP contribution in [0.15, 0.2) is 34.5 Å². The Bertz CT molecular complexity index is 724. The van der Waals surface area contributed by atoms with E-state index in [1.165, 1.54) is 10.9 Å². The molecule has 3 rings (SSSR count). The van der Waals surface area contributed by atoms with Crippen LogP contribution in [-0.2, 0) is 6.54 Å². The highest BCUT2D eigenvalue weighted by atomic mass is 32.2. The molecule has 0 radical (unpaired) electrons. The van der Waals surface area contributed by atoms with Gasteiger partial charge in [-0.15, -0.1) is 23.1 Å². The van der Waals surface area contributed by atoms with Gasteiger partial charge in [0.25, 0.3) is 0 Å². The van der Waals surface area contributed by atoms with E-state index in [-0.39, 0.29) is 5.82 Å². The standard InChI is InChI=1S/C18H20F4N2S2/c1-13-9-15(19)16(10-17(13)26-12-18(20,21)22)24-6-4-23(5-7-24)11-14-3-2-8-25-14/h2-3,8-10H,4-7,11-12H2,1H3. The maximum Gasteiger partial charge on any atom is 0.398 e. The number of anilines is 1. The van der Waals surface area contributed by atoms with Crippen LogP contribution in [0, 0.1) is 12.7 Å². The molecule has 0 bridgehead atoms. The molecule has 1 aliphatic heterocycles. The quantitative estimate of drug-likeness (QED) is 0.501. The zero-order chi connectivity index (χ0) is 18.7. The molecule has 2 heterocycles. The van der Waals surface area contributed by atoms with Crippen molar-refractivity contribution < 1.29 is 17.6 Å². The number of thioether (sulfide) groups is 1. The van der Waals surface area contributed by atoms with Crippen molar-refractivity contribution in [3.63, 3.8) is 0 Å². The molecule has 0 spiro atoms. The molecule has 0 amide bonds. The van der Waals surface area contributed by atoms with Crippen LogP contribution in [-0.4, -0.2) is 43.0 Å². The molecule has 1 fully saturated rings. The summed E-state index contributed by atoms with van der Waals surface area (Å²) in [6, 6.07) is 7.03. The van der Waals surface area contributed by atoms with Gasteiger partial charge in [-0.1, -0.05) is 6.07 Å². The van der Waals surface area contributed by atoms with Gasteiger partial charge in [-0.2, -0.15) is 13.2 Å². The van der Waals surface area contributed by atoms with Crippen LogP contribution < -0.4 is 4.90 Å². The van der Waals surface area contributed by atoms with Crippen molar-refractivity contribution in [2.45, 2.75) is 24.5 Å². The van der Waals surface area contributed by atoms with Gasteiger partial charge in [-0.05, 0) is 36.1 Å². The SMILES string of the molecule is Cc1cc(F)c(N2CCN(Cc3cccs3)CC2)cc1SCC(F)(F)F. The van der Waals surface area contributed by atoms with Crippen molar-refractivity contribution in [3.8, 4) is 0 Å². The lowest BCUT2D eigenvalue weighted by molar-refractivity contribution is -0.105. The Hall–Kier alpha value is -1.25. The van der Waals surface area contributed by atoms with Gasteiger partial charge in [0.05, 0.1) is 11.4 Å². The maximum atomic E-state index is 14.4. The topological polar surface area (TPSA) is 6.48 Å². The van der Waals surface area contributed by atoms with Crippen LogP contribution in [0.1, 0.15) is 10.4 Å². The summed E-state index contributed by atoms with van der Waals surface area (Å²) in [7, 11) is 0. The van der Waals surface area contributed by atoms with Crippen molar-refractivity contribution >= 4 is 28.8 Å². The van der Waals surface area contributed by atoms with E-state index in [4.69, 9.17) is 0 Å². The van der Waals surface area contributed by atoms with E-state index >= 15 is 0 Å². The Morgan fingerprint density at radius 1 is 1.15 bits per heavy atom. The van der Waals surface area contributed by atoms with Gasteiger partial charge in [0, 0.05) is 42.5 Å². The van der Waals surface area contributed by atoms with Crippen LogP contribution in [0.5, 0.6) is 0 Å². The zero-order valence-corrected chi connectivity index (χ0v) is 16.0. The highest BCUT2D eigenvalue weighted by Gasteiger charge is 2.28. The third kappa shape index (κ3) is 5.14. The Labute approximate surface area is 158 Å². The van der Waals surface area contributed by atoms with Crippen LogP contribution in [0.4, 0.5) is 23.2 Å². The molecule has 2 nitrogen and oxygen atoms in total. The van der Waals surface area contributed by atoms with Crippen molar-refractivity contribution in [2.24, 2.45) is 0 Å². The molecule has 0 unspecified atom stereocenters. The number of thiophene rings is 1. The monoisotopic (exact) mass is 404 g/mol. The van der Waals surface area contributed by atoms with E-state index in [0.717, 1.165) is 19.6 Å². The lowest BCUT2D eigenvalue weighted by Gasteiger charge is -2.36. The molecule has 1 aliphatic rings. The van der Waals surface area contributed by atoms with Gasteiger partial charge in [0.15, 0.2) is 0 Å². The lowest BCUT2D eigenvalue weighted by Crippen LogP contribution is -2.46. The normalized spacial score (nSPS) is 16.3. The minimum absolute atomic E-state index is 0.370. The third-order valence-electron chi connectivity index (χ3n) is 4.31. The first kappa shape index (κ1) is 19.5. The molecular formula is C18H20F4N2S2. The molecule has 0 aliphatic carbocycles. The fraction of sp³-hybridized carbons (Fsp3) is 0.444. The molecule has 1 aromatic heterocycles. The maximum absolute atomic E-state index is 14.4. The summed E-state index contributed by atoms with van der Waals surface area (Å²) in [5.74, 6) is -1.33. The summed E-state index contributed by atoms with van der Waals surface area (Å²) in [6.45, 7) is 5.45. The minimum Gasteiger partial charge on any atom is -0.367 e. The molecule has 0 saturated carbocycles. The molecular weight excluding hydrogens is 384 g/mol. The van der Waals surface area contributed by atoms with Gasteiger partial charge in [-0.25, -0.2) is 4.39 Å². The van der Waals surface area contributed by atoms with Crippen LogP contribution in [0.3, 0.4) is 0 Å². The molecule has 26 heavy (non-hydrogen) atoms. The minimum atomic E-state index is -4.24. The highest BCUT2D eigenvalue weighted by Crippen LogP contribution is 2.34. The summed E-state index contributed by atoms with van der Waals surface area (Å²) < 4.78 is 51.9. The third-order valence-corrected chi connectivity index (χ3v) is 6.39. The summed E-state index contributed by atoms with van der Waals surface area (Å²) in [5.41, 5.74) is 0.938. The molecule has 2 aromatic rings. The van der Waals surface area contributed by atoms with Crippen molar-refractivity contribution in [1.29, 1.82) is 0 Å². The molecule has 0 N–H and O–H groups in total. The number of rotatable bonds is 5. The smallest absolute Gasteiger partial charge is 0.367 e. The predicted octanol–water partition coefficient (Wildman–Crippen LogP) is 5.17. The summed E-state index contributed by atoms with van der Waals surface area (Å²) in [5, 5.41) is 2.05. The second-order valence-electron chi connectivity index (χ2n) is 6.32. The van der Waals surface area contributed by atoms with Gasteiger partial charge in [0.1, 0.15) is 5.82 Å². The Morgan fingerprint density at radius 2 is 1.88 bits per heavy atom. The fourth-order valence-electron chi connectivity index (χ4n) is 2.97. The van der Waals surface area contributed by atoms with Crippen molar-refractivity contribution in [3.05, 3.63) is 45.9 Å². The zero-order valence-electron chi connectivity index (χ0n) is 14.4. The van der Waals surface area contributed by atoms with Gasteiger partial charge < -0.3 is 4.90 Å². The summed E-state index contributed by atoms with van der Waals surface area (Å²) in [6.07, 6.45) is -4.24. The number of benzene rings is 1. The van der Waals surface area contributed by atoms with E-state index in [9.17, 15) is 17.6 Å². The van der Waals surface area contributed by atoms with Crippen LogP contribution in [0.25, 0.3) is 0 Å². The number of hydrogen-bond donors (Lipinski definition) is 0. The van der Waals surface area contributed by atoms with Gasteiger partial charge >= 0.3 is 6.18 Å². The number of halogens is 4. The second kappa shape index (κ2) is 8.19. The fourth-order valence-corrected chi connectivity index (χ4v) is 4.52. The van der Waals surface area contributed by atoms with Gasteiger partial charge in [-0.3, -0.25) is 4.90 Å². The first-order valence-electron chi connectivity index (χ1n) is 8.31. The first-order chi connectivity index (χ1) is 12.3. The van der Waals surface area contributed by atoms with E-state index in [1.54, 1.807) is 24.3 Å². The Kier molecular flexibility index (Phi) is 6.14. The van der Waals surface area contributed by atoms with Crippen molar-refractivity contribution in [1.82, 2.24) is 4.90 Å². The second-order valence-corrected chi connectivity index (χ2v) is 8.36. The van der Waals surface area contributed by atoms with E-state index in [0.29, 0.717) is 41.0 Å². The number of hydrogen-bond acceptors (Lipinski definition) is 4. The van der Waals surface area contributed by atoms with Crippen molar-refractivity contribution in [2.75, 3.05) is 36.8 Å². The Morgan fingerprint density at radius 3 is 2.50 bits per heavy atom. The number of piperazine rings is 1. The number of alkyl halides is 3. The largest absolute Gasteiger partial charge is 0.398 e. The van der Waals surface area contributed by atoms with Gasteiger partial charge in [0.2, 0.25) is 0 Å². The molecule has 1 aromatic carbocycles. The Balaban J connectivity index is 1.65. The van der Waals surface area contributed by atoms with E-state index in [2.05, 4.69) is 11.0 Å². The summed E-state index contributed by atoms with van der Waals surface area (Å²) >= 11 is 2.43. The molecule has 0 atom stereocenters. The highest BCUT2D eigenvalue weighted by molar-refractivity contribution is 7.99. The lowest BCUT2D eigenvalue weighted by atomic mass is 10.2.